The molecule has 0 fully saturated rings. The number of nitrogens with zero attached hydrogens (tertiary/aromatic N) is 3. The number of anilines is 1. The SMILES string of the molecule is O=C1CN(O)C=C2N=c3ccccc3=C2N1c1ccc(Cl)cc1. The summed E-state index contributed by atoms with van der Waals surface area (Å²) in [6.45, 7) is -0.146. The van der Waals surface area contributed by atoms with Crippen molar-refractivity contribution >= 4 is 28.9 Å². The second kappa shape index (κ2) is 5.22. The zero-order valence-electron chi connectivity index (χ0n) is 12.0. The summed E-state index contributed by atoms with van der Waals surface area (Å²) in [5.74, 6) is -0.247. The molecule has 2 heterocycles. The van der Waals surface area contributed by atoms with E-state index < -0.39 is 0 Å². The lowest BCUT2D eigenvalue weighted by Gasteiger charge is -2.23. The van der Waals surface area contributed by atoms with Crippen LogP contribution in [0.2, 0.25) is 5.02 Å². The van der Waals surface area contributed by atoms with Gasteiger partial charge in [-0.1, -0.05) is 29.8 Å². The number of carbonyl (C=O) groups excluding carboxylic acids is 1. The van der Waals surface area contributed by atoms with Crippen molar-refractivity contribution in [2.45, 2.75) is 0 Å². The van der Waals surface area contributed by atoms with Gasteiger partial charge in [0, 0.05) is 15.9 Å². The quantitative estimate of drug-likeness (QED) is 0.867. The highest BCUT2D eigenvalue weighted by atomic mass is 35.5. The van der Waals surface area contributed by atoms with Crippen molar-refractivity contribution in [1.82, 2.24) is 5.06 Å². The fraction of sp³-hybridized carbons (Fsp3) is 0.0588. The predicted octanol–water partition coefficient (Wildman–Crippen LogP) is 1.66. The molecule has 1 amide bonds. The Balaban J connectivity index is 2.01. The molecular formula is C17H12ClN3O2. The molecule has 0 saturated heterocycles. The molecule has 114 valence electrons. The minimum absolute atomic E-state index is 0.146. The van der Waals surface area contributed by atoms with E-state index in [9.17, 15) is 10.0 Å². The van der Waals surface area contributed by atoms with Crippen LogP contribution in [-0.4, -0.2) is 22.7 Å². The maximum absolute atomic E-state index is 12.7. The molecule has 5 nitrogen and oxygen atoms in total. The fourth-order valence-electron chi connectivity index (χ4n) is 2.80. The van der Waals surface area contributed by atoms with Gasteiger partial charge in [-0.25, -0.2) is 4.99 Å². The molecule has 0 aliphatic carbocycles. The van der Waals surface area contributed by atoms with E-state index in [1.54, 1.807) is 29.2 Å². The van der Waals surface area contributed by atoms with Gasteiger partial charge in [-0.05, 0) is 30.3 Å². The molecular weight excluding hydrogens is 314 g/mol. The summed E-state index contributed by atoms with van der Waals surface area (Å²) in [5, 5.41) is 13.0. The molecule has 0 radical (unpaired) electrons. The molecule has 23 heavy (non-hydrogen) atoms. The Morgan fingerprint density at radius 1 is 1.09 bits per heavy atom. The van der Waals surface area contributed by atoms with Gasteiger partial charge in [0.05, 0.1) is 17.3 Å². The van der Waals surface area contributed by atoms with Gasteiger partial charge in [-0.3, -0.25) is 20.0 Å². The lowest BCUT2D eigenvalue weighted by atomic mass is 10.2. The van der Waals surface area contributed by atoms with Crippen LogP contribution in [0.25, 0.3) is 5.70 Å². The summed E-state index contributed by atoms with van der Waals surface area (Å²) in [6, 6.07) is 14.6. The predicted molar refractivity (Wildman–Crippen MR) is 86.1 cm³/mol. The third kappa shape index (κ3) is 2.30. The first-order valence-corrected chi connectivity index (χ1v) is 7.45. The second-order valence-electron chi connectivity index (χ2n) is 5.30. The average Bonchev–Trinajstić information content (AvgIpc) is 2.81. The summed E-state index contributed by atoms with van der Waals surface area (Å²) in [6.07, 6.45) is 1.48. The third-order valence-corrected chi connectivity index (χ3v) is 4.02. The molecule has 2 aliphatic rings. The molecule has 2 aromatic carbocycles. The Kier molecular flexibility index (Phi) is 3.18. The summed E-state index contributed by atoms with van der Waals surface area (Å²) in [5.41, 5.74) is 1.90. The van der Waals surface area contributed by atoms with Gasteiger partial charge in [-0.2, -0.15) is 0 Å². The van der Waals surface area contributed by atoms with Crippen LogP contribution in [0, 0.1) is 0 Å². The number of halogens is 1. The summed E-state index contributed by atoms with van der Waals surface area (Å²) in [7, 11) is 0. The van der Waals surface area contributed by atoms with Crippen molar-refractivity contribution in [3.8, 4) is 0 Å². The number of para-hydroxylation sites is 1. The van der Waals surface area contributed by atoms with E-state index in [-0.39, 0.29) is 12.5 Å². The summed E-state index contributed by atoms with van der Waals surface area (Å²) >= 11 is 5.95. The molecule has 2 aliphatic heterocycles. The summed E-state index contributed by atoms with van der Waals surface area (Å²) in [4.78, 5) is 18.7. The van der Waals surface area contributed by atoms with Crippen molar-refractivity contribution in [2.24, 2.45) is 4.99 Å². The van der Waals surface area contributed by atoms with E-state index in [0.29, 0.717) is 22.1 Å². The van der Waals surface area contributed by atoms with Crippen molar-refractivity contribution in [3.63, 3.8) is 0 Å². The minimum Gasteiger partial charge on any atom is -0.288 e. The average molecular weight is 326 g/mol. The highest BCUT2D eigenvalue weighted by Gasteiger charge is 2.30. The Morgan fingerprint density at radius 3 is 2.61 bits per heavy atom. The van der Waals surface area contributed by atoms with Crippen LogP contribution in [-0.2, 0) is 4.79 Å². The van der Waals surface area contributed by atoms with Crippen molar-refractivity contribution < 1.29 is 10.0 Å². The lowest BCUT2D eigenvalue weighted by Crippen LogP contribution is -2.38. The van der Waals surface area contributed by atoms with Gasteiger partial charge in [0.25, 0.3) is 5.91 Å². The Labute approximate surface area is 137 Å². The third-order valence-electron chi connectivity index (χ3n) is 3.77. The fourth-order valence-corrected chi connectivity index (χ4v) is 2.93. The summed E-state index contributed by atoms with van der Waals surface area (Å²) < 4.78 is 0. The minimum atomic E-state index is -0.247. The van der Waals surface area contributed by atoms with Gasteiger partial charge in [0.15, 0.2) is 0 Å². The number of hydroxylamine groups is 2. The highest BCUT2D eigenvalue weighted by molar-refractivity contribution is 6.30. The molecule has 0 spiro atoms. The monoisotopic (exact) mass is 325 g/mol. The van der Waals surface area contributed by atoms with Gasteiger partial charge < -0.3 is 0 Å². The molecule has 0 bridgehead atoms. The van der Waals surface area contributed by atoms with E-state index in [0.717, 1.165) is 15.6 Å². The van der Waals surface area contributed by atoms with Crippen LogP contribution in [0.3, 0.4) is 0 Å². The molecule has 1 N–H and O–H groups in total. The van der Waals surface area contributed by atoms with Crippen molar-refractivity contribution in [2.75, 3.05) is 11.4 Å². The molecule has 6 heteroatoms. The Hall–Kier alpha value is -2.63. The normalized spacial score (nSPS) is 16.5. The maximum atomic E-state index is 12.7. The van der Waals surface area contributed by atoms with Gasteiger partial charge in [0.1, 0.15) is 12.2 Å². The molecule has 0 unspecified atom stereocenters. The molecule has 0 aromatic heterocycles. The van der Waals surface area contributed by atoms with E-state index in [2.05, 4.69) is 4.99 Å². The van der Waals surface area contributed by atoms with Gasteiger partial charge in [-0.15, -0.1) is 0 Å². The molecule has 0 atom stereocenters. The smallest absolute Gasteiger partial charge is 0.253 e. The number of rotatable bonds is 1. The number of amides is 1. The van der Waals surface area contributed by atoms with Crippen LogP contribution in [0.5, 0.6) is 0 Å². The number of benzene rings is 2. The van der Waals surface area contributed by atoms with Gasteiger partial charge >= 0.3 is 0 Å². The zero-order chi connectivity index (χ0) is 16.0. The van der Waals surface area contributed by atoms with Crippen molar-refractivity contribution in [1.29, 1.82) is 0 Å². The molecule has 2 aromatic rings. The zero-order valence-corrected chi connectivity index (χ0v) is 12.7. The van der Waals surface area contributed by atoms with E-state index >= 15 is 0 Å². The van der Waals surface area contributed by atoms with Crippen molar-refractivity contribution in [3.05, 3.63) is 76.0 Å². The van der Waals surface area contributed by atoms with Crippen LogP contribution in [0.15, 0.2) is 65.4 Å². The first-order valence-electron chi connectivity index (χ1n) is 7.08. The number of hydrogen-bond donors (Lipinski definition) is 1. The Bertz CT molecular complexity index is 951. The molecule has 0 saturated carbocycles. The first kappa shape index (κ1) is 14.0. The van der Waals surface area contributed by atoms with Gasteiger partial charge in [0.2, 0.25) is 0 Å². The Morgan fingerprint density at radius 2 is 1.83 bits per heavy atom. The lowest BCUT2D eigenvalue weighted by molar-refractivity contribution is -0.126. The molecule has 4 rings (SSSR count). The van der Waals surface area contributed by atoms with Crippen LogP contribution >= 0.6 is 11.6 Å². The number of hydrogen-bond acceptors (Lipinski definition) is 4. The van der Waals surface area contributed by atoms with Crippen LogP contribution < -0.4 is 15.5 Å². The number of carbonyl (C=O) groups is 1. The number of fused-ring (bicyclic) bond motifs is 2. The maximum Gasteiger partial charge on any atom is 0.253 e. The largest absolute Gasteiger partial charge is 0.288 e. The standard InChI is InChI=1S/C17H12ClN3O2/c18-11-5-7-12(8-6-11)21-16(22)10-20(23)9-15-17(21)13-3-1-2-4-14(13)19-15/h1-9,23H,10H2. The van der Waals surface area contributed by atoms with E-state index in [4.69, 9.17) is 11.6 Å². The first-order chi connectivity index (χ1) is 11.1. The highest BCUT2D eigenvalue weighted by Crippen LogP contribution is 2.29. The van der Waals surface area contributed by atoms with Crippen LogP contribution in [0.1, 0.15) is 0 Å². The van der Waals surface area contributed by atoms with E-state index in [1.807, 2.05) is 24.3 Å². The topological polar surface area (TPSA) is 56.1 Å². The second-order valence-corrected chi connectivity index (χ2v) is 5.73. The van der Waals surface area contributed by atoms with Crippen LogP contribution in [0.4, 0.5) is 5.69 Å². The van der Waals surface area contributed by atoms with E-state index in [1.165, 1.54) is 6.20 Å².